The Morgan fingerprint density at radius 2 is 2.06 bits per heavy atom. The molecule has 1 saturated heterocycles. The van der Waals surface area contributed by atoms with Gasteiger partial charge in [0.25, 0.3) is 0 Å². The number of hydrogen-bond acceptors (Lipinski definition) is 4. The fraction of sp³-hybridized carbons (Fsp3) is 0.714. The Labute approximate surface area is 110 Å². The van der Waals surface area contributed by atoms with E-state index in [1.54, 1.807) is 0 Å². The Morgan fingerprint density at radius 3 is 2.61 bits per heavy atom. The van der Waals surface area contributed by atoms with Crippen LogP contribution in [-0.2, 0) is 6.42 Å². The van der Waals surface area contributed by atoms with Gasteiger partial charge < -0.3 is 10.6 Å². The Balaban J connectivity index is 2.26. The second kappa shape index (κ2) is 5.65. The summed E-state index contributed by atoms with van der Waals surface area (Å²) in [5.41, 5.74) is 8.34. The summed E-state index contributed by atoms with van der Waals surface area (Å²) in [6.07, 6.45) is 5.02. The zero-order chi connectivity index (χ0) is 13.1. The maximum absolute atomic E-state index is 5.96. The third-order valence-corrected chi connectivity index (χ3v) is 3.59. The minimum Gasteiger partial charge on any atom is -0.369 e. The van der Waals surface area contributed by atoms with Gasteiger partial charge in [0.05, 0.1) is 17.6 Å². The van der Waals surface area contributed by atoms with E-state index in [-0.39, 0.29) is 0 Å². The zero-order valence-electron chi connectivity index (χ0n) is 11.7. The molecule has 4 heteroatoms. The maximum Gasteiger partial charge on any atom is 0.128 e. The second-order valence-electron chi connectivity index (χ2n) is 5.39. The van der Waals surface area contributed by atoms with Gasteiger partial charge in [-0.15, -0.1) is 0 Å². The number of piperidine rings is 1. The van der Waals surface area contributed by atoms with E-state index in [0.717, 1.165) is 38.2 Å². The van der Waals surface area contributed by atoms with Crippen molar-refractivity contribution in [3.05, 3.63) is 17.7 Å². The largest absolute Gasteiger partial charge is 0.369 e. The fourth-order valence-corrected chi connectivity index (χ4v) is 2.41. The Morgan fingerprint density at radius 1 is 1.39 bits per heavy atom. The van der Waals surface area contributed by atoms with E-state index < -0.39 is 0 Å². The van der Waals surface area contributed by atoms with Crippen molar-refractivity contribution < 1.29 is 0 Å². The minimum atomic E-state index is 0.361. The van der Waals surface area contributed by atoms with Gasteiger partial charge in [-0.1, -0.05) is 20.8 Å². The standard InChI is InChI=1S/C14H24N4/c1-4-13-16-9-12(14(17-13)10(2)3)18-7-5-11(15)6-8-18/h9-11H,4-8,15H2,1-3H3. The molecule has 1 aromatic heterocycles. The van der Waals surface area contributed by atoms with Crippen molar-refractivity contribution in [1.82, 2.24) is 9.97 Å². The average molecular weight is 248 g/mol. The van der Waals surface area contributed by atoms with Crippen molar-refractivity contribution in [3.63, 3.8) is 0 Å². The minimum absolute atomic E-state index is 0.361. The number of rotatable bonds is 3. The van der Waals surface area contributed by atoms with Crippen LogP contribution in [0.1, 0.15) is 51.0 Å². The van der Waals surface area contributed by atoms with Gasteiger partial charge in [-0.3, -0.25) is 0 Å². The number of nitrogens with zero attached hydrogens (tertiary/aromatic N) is 3. The molecule has 1 aliphatic heterocycles. The van der Waals surface area contributed by atoms with Crippen molar-refractivity contribution in [1.29, 1.82) is 0 Å². The van der Waals surface area contributed by atoms with Crippen molar-refractivity contribution in [2.24, 2.45) is 5.73 Å². The Bertz CT molecular complexity index is 395. The summed E-state index contributed by atoms with van der Waals surface area (Å²) in [5.74, 6) is 1.38. The molecular formula is C14H24N4. The topological polar surface area (TPSA) is 55.0 Å². The van der Waals surface area contributed by atoms with Crippen molar-refractivity contribution >= 4 is 5.69 Å². The average Bonchev–Trinajstić information content (AvgIpc) is 2.39. The van der Waals surface area contributed by atoms with Crippen LogP contribution in [0.3, 0.4) is 0 Å². The molecular weight excluding hydrogens is 224 g/mol. The molecule has 1 aliphatic rings. The van der Waals surface area contributed by atoms with Crippen LogP contribution in [0, 0.1) is 0 Å². The van der Waals surface area contributed by atoms with E-state index in [9.17, 15) is 0 Å². The summed E-state index contributed by atoms with van der Waals surface area (Å²) >= 11 is 0. The van der Waals surface area contributed by atoms with E-state index in [2.05, 4.69) is 30.7 Å². The van der Waals surface area contributed by atoms with Gasteiger partial charge in [-0.25, -0.2) is 9.97 Å². The molecule has 18 heavy (non-hydrogen) atoms. The van der Waals surface area contributed by atoms with Crippen LogP contribution in [0.2, 0.25) is 0 Å². The number of hydrogen-bond donors (Lipinski definition) is 1. The molecule has 0 unspecified atom stereocenters. The van der Waals surface area contributed by atoms with Crippen LogP contribution in [0.4, 0.5) is 5.69 Å². The number of aromatic nitrogens is 2. The van der Waals surface area contributed by atoms with Crippen molar-refractivity contribution in [2.45, 2.75) is 52.0 Å². The first-order valence-electron chi connectivity index (χ1n) is 6.98. The lowest BCUT2D eigenvalue weighted by Crippen LogP contribution is -2.40. The molecule has 0 bridgehead atoms. The summed E-state index contributed by atoms with van der Waals surface area (Å²) < 4.78 is 0. The molecule has 2 N–H and O–H groups in total. The van der Waals surface area contributed by atoms with Gasteiger partial charge in [-0.2, -0.15) is 0 Å². The lowest BCUT2D eigenvalue weighted by atomic mass is 10.0. The van der Waals surface area contributed by atoms with Gasteiger partial charge in [0.1, 0.15) is 5.82 Å². The number of aryl methyl sites for hydroxylation is 1. The zero-order valence-corrected chi connectivity index (χ0v) is 11.7. The summed E-state index contributed by atoms with van der Waals surface area (Å²) in [7, 11) is 0. The molecule has 1 fully saturated rings. The van der Waals surface area contributed by atoms with Crippen LogP contribution < -0.4 is 10.6 Å². The quantitative estimate of drug-likeness (QED) is 0.890. The summed E-state index contributed by atoms with van der Waals surface area (Å²) in [6.45, 7) is 8.53. The molecule has 2 heterocycles. The normalized spacial score (nSPS) is 17.5. The molecule has 100 valence electrons. The maximum atomic E-state index is 5.96. The first-order chi connectivity index (χ1) is 8.61. The SMILES string of the molecule is CCc1ncc(N2CCC(N)CC2)c(C(C)C)n1. The molecule has 0 aromatic carbocycles. The van der Waals surface area contributed by atoms with E-state index in [1.807, 2.05) is 6.20 Å². The van der Waals surface area contributed by atoms with E-state index in [4.69, 9.17) is 10.7 Å². The predicted molar refractivity (Wildman–Crippen MR) is 74.9 cm³/mol. The molecule has 0 amide bonds. The van der Waals surface area contributed by atoms with Gasteiger partial charge in [0.15, 0.2) is 0 Å². The van der Waals surface area contributed by atoms with E-state index in [1.165, 1.54) is 11.4 Å². The molecule has 4 nitrogen and oxygen atoms in total. The highest BCUT2D eigenvalue weighted by Gasteiger charge is 2.21. The van der Waals surface area contributed by atoms with Crippen LogP contribution in [0.25, 0.3) is 0 Å². The third kappa shape index (κ3) is 2.80. The molecule has 0 atom stereocenters. The van der Waals surface area contributed by atoms with Crippen LogP contribution in [0.15, 0.2) is 6.20 Å². The van der Waals surface area contributed by atoms with Crippen LogP contribution in [0.5, 0.6) is 0 Å². The lowest BCUT2D eigenvalue weighted by Gasteiger charge is -2.33. The first-order valence-corrected chi connectivity index (χ1v) is 6.98. The lowest BCUT2D eigenvalue weighted by molar-refractivity contribution is 0.498. The van der Waals surface area contributed by atoms with Crippen LogP contribution >= 0.6 is 0 Å². The Hall–Kier alpha value is -1.16. The summed E-state index contributed by atoms with van der Waals surface area (Å²) in [6, 6.07) is 0.361. The van der Waals surface area contributed by atoms with Gasteiger partial charge >= 0.3 is 0 Å². The highest BCUT2D eigenvalue weighted by atomic mass is 15.2. The van der Waals surface area contributed by atoms with Crippen molar-refractivity contribution in [3.8, 4) is 0 Å². The van der Waals surface area contributed by atoms with Gasteiger partial charge in [0.2, 0.25) is 0 Å². The first kappa shape index (κ1) is 13.3. The highest BCUT2D eigenvalue weighted by Crippen LogP contribution is 2.27. The summed E-state index contributed by atoms with van der Waals surface area (Å²) in [4.78, 5) is 11.5. The summed E-state index contributed by atoms with van der Waals surface area (Å²) in [5, 5.41) is 0. The van der Waals surface area contributed by atoms with E-state index >= 15 is 0 Å². The monoisotopic (exact) mass is 248 g/mol. The van der Waals surface area contributed by atoms with Crippen molar-refractivity contribution in [2.75, 3.05) is 18.0 Å². The second-order valence-corrected chi connectivity index (χ2v) is 5.39. The van der Waals surface area contributed by atoms with Gasteiger partial charge in [-0.05, 0) is 18.8 Å². The molecule has 0 spiro atoms. The molecule has 0 radical (unpaired) electrons. The van der Waals surface area contributed by atoms with E-state index in [0.29, 0.717) is 12.0 Å². The van der Waals surface area contributed by atoms with Crippen LogP contribution in [-0.4, -0.2) is 29.1 Å². The predicted octanol–water partition coefficient (Wildman–Crippen LogP) is 2.09. The smallest absolute Gasteiger partial charge is 0.128 e. The third-order valence-electron chi connectivity index (χ3n) is 3.59. The molecule has 0 aliphatic carbocycles. The van der Waals surface area contributed by atoms with Gasteiger partial charge in [0, 0.05) is 25.6 Å². The number of anilines is 1. The molecule has 0 saturated carbocycles. The molecule has 2 rings (SSSR count). The Kier molecular flexibility index (Phi) is 4.17. The molecule has 1 aromatic rings. The number of nitrogens with two attached hydrogens (primary N) is 1. The highest BCUT2D eigenvalue weighted by molar-refractivity contribution is 5.50. The fourth-order valence-electron chi connectivity index (χ4n) is 2.41.